The molecular formula is C21H23N3O5S. The third-order valence-electron chi connectivity index (χ3n) is 4.20. The zero-order valence-corrected chi connectivity index (χ0v) is 18.0. The van der Waals surface area contributed by atoms with Gasteiger partial charge < -0.3 is 18.6 Å². The van der Waals surface area contributed by atoms with E-state index in [4.69, 9.17) is 18.6 Å². The summed E-state index contributed by atoms with van der Waals surface area (Å²) in [6.45, 7) is 2.04. The van der Waals surface area contributed by atoms with Crippen molar-refractivity contribution in [3.63, 3.8) is 0 Å². The molecule has 0 atom stereocenters. The Morgan fingerprint density at radius 2 is 1.70 bits per heavy atom. The first kappa shape index (κ1) is 21.5. The number of carbonyl (C=O) groups excluding carboxylic acids is 1. The molecule has 0 aliphatic carbocycles. The lowest BCUT2D eigenvalue weighted by Crippen LogP contribution is -2.12. The van der Waals surface area contributed by atoms with E-state index in [9.17, 15) is 4.79 Å². The first-order chi connectivity index (χ1) is 14.5. The number of rotatable bonds is 9. The number of carbonyl (C=O) groups is 1. The quantitative estimate of drug-likeness (QED) is 0.506. The number of methoxy groups -OCH3 is 3. The molecule has 0 bridgehead atoms. The number of amides is 1. The summed E-state index contributed by atoms with van der Waals surface area (Å²) in [6, 6.07) is 11.6. The van der Waals surface area contributed by atoms with E-state index in [2.05, 4.69) is 15.5 Å². The van der Waals surface area contributed by atoms with Gasteiger partial charge in [-0.15, -0.1) is 16.9 Å². The van der Waals surface area contributed by atoms with E-state index < -0.39 is 0 Å². The highest BCUT2D eigenvalue weighted by atomic mass is 32.2. The van der Waals surface area contributed by atoms with Crippen molar-refractivity contribution in [2.45, 2.75) is 18.2 Å². The number of hydrogen-bond acceptors (Lipinski definition) is 8. The molecule has 0 saturated carbocycles. The predicted octanol–water partition coefficient (Wildman–Crippen LogP) is 4.19. The minimum Gasteiger partial charge on any atom is -0.493 e. The molecule has 0 fully saturated rings. The summed E-state index contributed by atoms with van der Waals surface area (Å²) in [6.07, 6.45) is 0.320. The Bertz CT molecular complexity index is 979. The third kappa shape index (κ3) is 5.24. The molecule has 1 aromatic heterocycles. The highest BCUT2D eigenvalue weighted by molar-refractivity contribution is 7.99. The summed E-state index contributed by atoms with van der Waals surface area (Å²) in [5.74, 6) is 2.05. The molecular weight excluding hydrogens is 406 g/mol. The molecule has 3 rings (SSSR count). The predicted molar refractivity (Wildman–Crippen MR) is 115 cm³/mol. The van der Waals surface area contributed by atoms with E-state index in [-0.39, 0.29) is 17.8 Å². The van der Waals surface area contributed by atoms with Gasteiger partial charge in [-0.05, 0) is 31.2 Å². The summed E-state index contributed by atoms with van der Waals surface area (Å²) < 4.78 is 21.5. The van der Waals surface area contributed by atoms with Crippen molar-refractivity contribution in [2.24, 2.45) is 0 Å². The van der Waals surface area contributed by atoms with Crippen molar-refractivity contribution in [3.05, 3.63) is 42.0 Å². The van der Waals surface area contributed by atoms with E-state index in [0.717, 1.165) is 4.90 Å². The van der Waals surface area contributed by atoms with E-state index in [0.29, 0.717) is 35.0 Å². The van der Waals surface area contributed by atoms with Crippen molar-refractivity contribution in [2.75, 3.05) is 32.4 Å². The van der Waals surface area contributed by atoms with Crippen molar-refractivity contribution in [1.82, 2.24) is 10.2 Å². The topological polar surface area (TPSA) is 95.7 Å². The Morgan fingerprint density at radius 3 is 2.30 bits per heavy atom. The SMILES string of the molecule is COc1cc(-c2nnc(NC(=O)CCSc3ccc(C)cc3)o2)cc(OC)c1OC. The van der Waals surface area contributed by atoms with Crippen LogP contribution < -0.4 is 19.5 Å². The number of nitrogens with one attached hydrogen (secondary N) is 1. The van der Waals surface area contributed by atoms with Gasteiger partial charge in [0.2, 0.25) is 17.5 Å². The smallest absolute Gasteiger partial charge is 0.322 e. The Labute approximate surface area is 178 Å². The summed E-state index contributed by atoms with van der Waals surface area (Å²) in [5.41, 5.74) is 1.78. The molecule has 158 valence electrons. The normalized spacial score (nSPS) is 10.5. The first-order valence-corrected chi connectivity index (χ1v) is 10.2. The van der Waals surface area contributed by atoms with Crippen LogP contribution in [0.1, 0.15) is 12.0 Å². The van der Waals surface area contributed by atoms with Gasteiger partial charge in [-0.25, -0.2) is 0 Å². The monoisotopic (exact) mass is 429 g/mol. The van der Waals surface area contributed by atoms with Crippen molar-refractivity contribution in [3.8, 4) is 28.7 Å². The average molecular weight is 429 g/mol. The number of thioether (sulfide) groups is 1. The molecule has 30 heavy (non-hydrogen) atoms. The minimum absolute atomic E-state index is 0.0316. The summed E-state index contributed by atoms with van der Waals surface area (Å²) in [4.78, 5) is 13.3. The number of anilines is 1. The summed E-state index contributed by atoms with van der Waals surface area (Å²) in [7, 11) is 4.57. The van der Waals surface area contributed by atoms with E-state index in [1.54, 1.807) is 23.9 Å². The molecule has 2 aromatic carbocycles. The van der Waals surface area contributed by atoms with Gasteiger partial charge in [0.05, 0.1) is 21.3 Å². The molecule has 3 aromatic rings. The highest BCUT2D eigenvalue weighted by Gasteiger charge is 2.18. The maximum Gasteiger partial charge on any atom is 0.322 e. The average Bonchev–Trinajstić information content (AvgIpc) is 3.22. The number of nitrogens with zero attached hydrogens (tertiary/aromatic N) is 2. The Balaban J connectivity index is 1.62. The fourth-order valence-electron chi connectivity index (χ4n) is 2.67. The number of ether oxygens (including phenoxy) is 3. The Morgan fingerprint density at radius 1 is 1.03 bits per heavy atom. The fraction of sp³-hybridized carbons (Fsp3) is 0.286. The molecule has 0 saturated heterocycles. The van der Waals surface area contributed by atoms with Crippen LogP contribution in [0.4, 0.5) is 6.01 Å². The van der Waals surface area contributed by atoms with Crippen LogP contribution in [0.5, 0.6) is 17.2 Å². The van der Waals surface area contributed by atoms with Gasteiger partial charge in [0, 0.05) is 22.6 Å². The Hall–Kier alpha value is -3.20. The second kappa shape index (κ2) is 10.0. The third-order valence-corrected chi connectivity index (χ3v) is 5.22. The maximum absolute atomic E-state index is 12.2. The van der Waals surface area contributed by atoms with Crippen LogP contribution in [0.25, 0.3) is 11.5 Å². The molecule has 0 radical (unpaired) electrons. The zero-order valence-electron chi connectivity index (χ0n) is 17.2. The van der Waals surface area contributed by atoms with Crippen molar-refractivity contribution < 1.29 is 23.4 Å². The van der Waals surface area contributed by atoms with Crippen LogP contribution in [-0.4, -0.2) is 43.2 Å². The van der Waals surface area contributed by atoms with E-state index >= 15 is 0 Å². The molecule has 0 aliphatic heterocycles. The second-order valence-corrected chi connectivity index (χ2v) is 7.45. The molecule has 0 spiro atoms. The molecule has 1 amide bonds. The number of hydrogen-bond donors (Lipinski definition) is 1. The highest BCUT2D eigenvalue weighted by Crippen LogP contribution is 2.41. The molecule has 1 heterocycles. The van der Waals surface area contributed by atoms with Crippen LogP contribution in [0, 0.1) is 6.92 Å². The van der Waals surface area contributed by atoms with Crippen LogP contribution in [0.15, 0.2) is 45.7 Å². The van der Waals surface area contributed by atoms with Crippen LogP contribution in [0.2, 0.25) is 0 Å². The van der Waals surface area contributed by atoms with Gasteiger partial charge in [-0.1, -0.05) is 22.8 Å². The van der Waals surface area contributed by atoms with E-state index in [1.807, 2.05) is 31.2 Å². The van der Waals surface area contributed by atoms with Crippen LogP contribution >= 0.6 is 11.8 Å². The summed E-state index contributed by atoms with van der Waals surface area (Å²) >= 11 is 1.61. The summed E-state index contributed by atoms with van der Waals surface area (Å²) in [5, 5.41) is 10.5. The largest absolute Gasteiger partial charge is 0.493 e. The molecule has 1 N–H and O–H groups in total. The van der Waals surface area contributed by atoms with E-state index in [1.165, 1.54) is 26.9 Å². The van der Waals surface area contributed by atoms with Gasteiger partial charge >= 0.3 is 6.01 Å². The van der Waals surface area contributed by atoms with Gasteiger partial charge in [0.15, 0.2) is 11.5 Å². The van der Waals surface area contributed by atoms with Gasteiger partial charge in [0.1, 0.15) is 0 Å². The number of benzene rings is 2. The molecule has 8 nitrogen and oxygen atoms in total. The lowest BCUT2D eigenvalue weighted by molar-refractivity contribution is -0.115. The maximum atomic E-state index is 12.2. The standard InChI is InChI=1S/C21H23N3O5S/c1-13-5-7-15(8-6-13)30-10-9-18(25)22-21-24-23-20(29-21)14-11-16(26-2)19(28-4)17(12-14)27-3/h5-8,11-12H,9-10H2,1-4H3,(H,22,24,25). The van der Waals surface area contributed by atoms with Crippen molar-refractivity contribution >= 4 is 23.7 Å². The Kier molecular flexibility index (Phi) is 7.18. The fourth-order valence-corrected chi connectivity index (χ4v) is 3.52. The molecule has 0 unspecified atom stereocenters. The molecule has 0 aliphatic rings. The first-order valence-electron chi connectivity index (χ1n) is 9.17. The zero-order chi connectivity index (χ0) is 21.5. The van der Waals surface area contributed by atoms with Crippen LogP contribution in [-0.2, 0) is 4.79 Å². The van der Waals surface area contributed by atoms with Crippen LogP contribution in [0.3, 0.4) is 0 Å². The molecule has 9 heteroatoms. The second-order valence-electron chi connectivity index (χ2n) is 6.29. The number of aromatic nitrogens is 2. The van der Waals surface area contributed by atoms with Gasteiger partial charge in [-0.2, -0.15) is 0 Å². The van der Waals surface area contributed by atoms with Crippen molar-refractivity contribution in [1.29, 1.82) is 0 Å². The van der Waals surface area contributed by atoms with Gasteiger partial charge in [0.25, 0.3) is 0 Å². The lowest BCUT2D eigenvalue weighted by atomic mass is 10.2. The van der Waals surface area contributed by atoms with Gasteiger partial charge in [-0.3, -0.25) is 10.1 Å². The number of aryl methyl sites for hydroxylation is 1. The lowest BCUT2D eigenvalue weighted by Gasteiger charge is -2.12. The minimum atomic E-state index is -0.199.